The van der Waals surface area contributed by atoms with Crippen molar-refractivity contribution in [2.45, 2.75) is 63.7 Å². The van der Waals surface area contributed by atoms with E-state index < -0.39 is 17.4 Å². The SMILES string of the molecule is COc1ccc2[nH]c(C)c(CCN3C(=O)OC4(CCCCC4)[C@]3(C)O)c2c1. The van der Waals surface area contributed by atoms with Gasteiger partial charge in [0.2, 0.25) is 0 Å². The third-order valence-electron chi connectivity index (χ3n) is 6.47. The van der Waals surface area contributed by atoms with E-state index in [4.69, 9.17) is 9.47 Å². The summed E-state index contributed by atoms with van der Waals surface area (Å²) < 4.78 is 11.1. The molecule has 2 aromatic rings. The van der Waals surface area contributed by atoms with Crippen LogP contribution < -0.4 is 4.74 Å². The fourth-order valence-corrected chi connectivity index (χ4v) is 4.78. The highest BCUT2D eigenvalue weighted by Crippen LogP contribution is 2.47. The van der Waals surface area contributed by atoms with Crippen molar-refractivity contribution in [1.82, 2.24) is 9.88 Å². The largest absolute Gasteiger partial charge is 0.497 e. The van der Waals surface area contributed by atoms with Crippen LogP contribution in [-0.4, -0.2) is 46.1 Å². The van der Waals surface area contributed by atoms with Crippen LogP contribution in [0.15, 0.2) is 18.2 Å². The van der Waals surface area contributed by atoms with Gasteiger partial charge in [0.1, 0.15) is 5.75 Å². The number of carbonyl (C=O) groups is 1. The fraction of sp³-hybridized carbons (Fsp3) is 0.571. The molecule has 0 unspecified atom stereocenters. The van der Waals surface area contributed by atoms with E-state index in [0.29, 0.717) is 13.0 Å². The highest BCUT2D eigenvalue weighted by molar-refractivity contribution is 5.86. The first-order chi connectivity index (χ1) is 12.9. The molecule has 2 fully saturated rings. The number of hydrogen-bond acceptors (Lipinski definition) is 4. The van der Waals surface area contributed by atoms with Gasteiger partial charge in [-0.1, -0.05) is 6.42 Å². The lowest BCUT2D eigenvalue weighted by molar-refractivity contribution is -0.158. The van der Waals surface area contributed by atoms with Gasteiger partial charge in [-0.15, -0.1) is 0 Å². The maximum Gasteiger partial charge on any atom is 0.412 e. The number of benzene rings is 1. The Bertz CT molecular complexity index is 864. The molecule has 0 radical (unpaired) electrons. The van der Waals surface area contributed by atoms with Gasteiger partial charge in [-0.3, -0.25) is 4.90 Å². The van der Waals surface area contributed by atoms with Gasteiger partial charge in [0.25, 0.3) is 0 Å². The summed E-state index contributed by atoms with van der Waals surface area (Å²) in [5.41, 5.74) is 1.21. The number of aliphatic hydroxyl groups is 1. The second-order valence-corrected chi connectivity index (χ2v) is 7.99. The quantitative estimate of drug-likeness (QED) is 0.854. The second kappa shape index (κ2) is 6.44. The minimum atomic E-state index is -1.28. The van der Waals surface area contributed by atoms with Crippen LogP contribution in [0.4, 0.5) is 4.79 Å². The van der Waals surface area contributed by atoms with Crippen molar-refractivity contribution in [1.29, 1.82) is 0 Å². The highest BCUT2D eigenvalue weighted by Gasteiger charge is 2.61. The summed E-state index contributed by atoms with van der Waals surface area (Å²) in [7, 11) is 1.65. The molecule has 146 valence electrons. The summed E-state index contributed by atoms with van der Waals surface area (Å²) in [4.78, 5) is 17.5. The van der Waals surface area contributed by atoms with Crippen molar-refractivity contribution in [2.24, 2.45) is 0 Å². The molecule has 1 aromatic carbocycles. The van der Waals surface area contributed by atoms with Crippen LogP contribution in [0.2, 0.25) is 0 Å². The standard InChI is InChI=1S/C21H28N2O4/c1-14-16(17-13-15(26-3)7-8-18(17)22-14)9-12-23-19(24)27-21(20(23,2)25)10-5-4-6-11-21/h7-8,13,22,25H,4-6,9-12H2,1-3H3/t20-/m0/s1. The first-order valence-electron chi connectivity index (χ1n) is 9.76. The average Bonchev–Trinajstić information content (AvgIpc) is 3.04. The normalized spacial score (nSPS) is 24.6. The third-order valence-corrected chi connectivity index (χ3v) is 6.47. The first-order valence-corrected chi connectivity index (χ1v) is 9.76. The highest BCUT2D eigenvalue weighted by atomic mass is 16.6. The van der Waals surface area contributed by atoms with E-state index in [1.807, 2.05) is 25.1 Å². The molecule has 2 N–H and O–H groups in total. The van der Waals surface area contributed by atoms with Crippen molar-refractivity contribution in [3.05, 3.63) is 29.5 Å². The zero-order valence-corrected chi connectivity index (χ0v) is 16.3. The van der Waals surface area contributed by atoms with Crippen LogP contribution in [0.25, 0.3) is 10.9 Å². The lowest BCUT2D eigenvalue weighted by Gasteiger charge is -2.42. The number of aromatic nitrogens is 1. The molecule has 1 amide bonds. The molecule has 1 spiro atoms. The Morgan fingerprint density at radius 1 is 1.30 bits per heavy atom. The van der Waals surface area contributed by atoms with Crippen LogP contribution in [-0.2, 0) is 11.2 Å². The molecule has 2 heterocycles. The zero-order valence-electron chi connectivity index (χ0n) is 16.3. The number of hydrogen-bond donors (Lipinski definition) is 2. The zero-order chi connectivity index (χ0) is 19.2. The molecular weight excluding hydrogens is 344 g/mol. The monoisotopic (exact) mass is 372 g/mol. The fourth-order valence-electron chi connectivity index (χ4n) is 4.78. The lowest BCUT2D eigenvalue weighted by Crippen LogP contribution is -2.57. The van der Waals surface area contributed by atoms with Crippen LogP contribution in [0.5, 0.6) is 5.75 Å². The molecule has 6 nitrogen and oxygen atoms in total. The van der Waals surface area contributed by atoms with Crippen molar-refractivity contribution in [3.8, 4) is 5.75 Å². The number of fused-ring (bicyclic) bond motifs is 1. The van der Waals surface area contributed by atoms with E-state index >= 15 is 0 Å². The van der Waals surface area contributed by atoms with Crippen molar-refractivity contribution < 1.29 is 19.4 Å². The summed E-state index contributed by atoms with van der Waals surface area (Å²) in [6.45, 7) is 4.18. The maximum atomic E-state index is 12.6. The summed E-state index contributed by atoms with van der Waals surface area (Å²) in [6, 6.07) is 5.94. The number of aromatic amines is 1. The first kappa shape index (κ1) is 18.2. The Morgan fingerprint density at radius 2 is 2.04 bits per heavy atom. The molecule has 2 aliphatic rings. The number of rotatable bonds is 4. The number of carbonyl (C=O) groups excluding carboxylic acids is 1. The molecule has 4 rings (SSSR count). The predicted octanol–water partition coefficient (Wildman–Crippen LogP) is 3.89. The molecule has 1 aliphatic heterocycles. The van der Waals surface area contributed by atoms with Crippen LogP contribution in [0.1, 0.15) is 50.3 Å². The van der Waals surface area contributed by atoms with Crippen molar-refractivity contribution in [2.75, 3.05) is 13.7 Å². The molecule has 0 bridgehead atoms. The summed E-state index contributed by atoms with van der Waals surface area (Å²) in [5, 5.41) is 12.3. The van der Waals surface area contributed by atoms with E-state index in [1.165, 1.54) is 4.90 Å². The Labute approximate surface area is 159 Å². The Kier molecular flexibility index (Phi) is 4.34. The topological polar surface area (TPSA) is 74.8 Å². The number of nitrogens with zero attached hydrogens (tertiary/aromatic N) is 1. The van der Waals surface area contributed by atoms with Crippen LogP contribution >= 0.6 is 0 Å². The molecule has 1 aromatic heterocycles. The summed E-state index contributed by atoms with van der Waals surface area (Å²) >= 11 is 0. The van der Waals surface area contributed by atoms with E-state index in [0.717, 1.165) is 60.0 Å². The molecule has 1 saturated carbocycles. The Morgan fingerprint density at radius 3 is 2.74 bits per heavy atom. The second-order valence-electron chi connectivity index (χ2n) is 7.99. The Balaban J connectivity index is 1.59. The minimum absolute atomic E-state index is 0.406. The van der Waals surface area contributed by atoms with Gasteiger partial charge in [-0.05, 0) is 69.7 Å². The molecular formula is C21H28N2O4. The van der Waals surface area contributed by atoms with Gasteiger partial charge in [0.15, 0.2) is 11.3 Å². The average molecular weight is 372 g/mol. The van der Waals surface area contributed by atoms with E-state index in [1.54, 1.807) is 14.0 Å². The number of aryl methyl sites for hydroxylation is 1. The summed E-state index contributed by atoms with van der Waals surface area (Å²) in [5.74, 6) is 0.802. The number of amides is 1. The smallest absolute Gasteiger partial charge is 0.412 e. The molecule has 27 heavy (non-hydrogen) atoms. The molecule has 6 heteroatoms. The van der Waals surface area contributed by atoms with Gasteiger partial charge in [0, 0.05) is 23.1 Å². The van der Waals surface area contributed by atoms with E-state index in [9.17, 15) is 9.90 Å². The van der Waals surface area contributed by atoms with Gasteiger partial charge >= 0.3 is 6.09 Å². The Hall–Kier alpha value is -2.21. The van der Waals surface area contributed by atoms with Gasteiger partial charge in [0.05, 0.1) is 7.11 Å². The predicted molar refractivity (Wildman–Crippen MR) is 103 cm³/mol. The van der Waals surface area contributed by atoms with E-state index in [-0.39, 0.29) is 0 Å². The van der Waals surface area contributed by atoms with E-state index in [2.05, 4.69) is 4.98 Å². The number of ether oxygens (including phenoxy) is 2. The van der Waals surface area contributed by atoms with Gasteiger partial charge in [-0.25, -0.2) is 4.79 Å². The molecule has 1 atom stereocenters. The molecule has 1 aliphatic carbocycles. The lowest BCUT2D eigenvalue weighted by atomic mass is 9.77. The van der Waals surface area contributed by atoms with Crippen LogP contribution in [0.3, 0.4) is 0 Å². The summed E-state index contributed by atoms with van der Waals surface area (Å²) in [6.07, 6.45) is 4.79. The number of H-pyrrole nitrogens is 1. The third kappa shape index (κ3) is 2.78. The van der Waals surface area contributed by atoms with Crippen LogP contribution in [0, 0.1) is 6.92 Å². The van der Waals surface area contributed by atoms with Gasteiger partial charge < -0.3 is 19.6 Å². The minimum Gasteiger partial charge on any atom is -0.497 e. The molecule has 1 saturated heterocycles. The van der Waals surface area contributed by atoms with Gasteiger partial charge in [-0.2, -0.15) is 0 Å². The maximum absolute atomic E-state index is 12.6. The number of methoxy groups -OCH3 is 1. The number of nitrogens with one attached hydrogen (secondary N) is 1. The van der Waals surface area contributed by atoms with Crippen molar-refractivity contribution in [3.63, 3.8) is 0 Å². The van der Waals surface area contributed by atoms with Crippen molar-refractivity contribution >= 4 is 17.0 Å².